The molecule has 1 atom stereocenters. The number of rotatable bonds is 2. The zero-order chi connectivity index (χ0) is 12.7. The molecule has 5 heteroatoms. The normalized spacial score (nSPS) is 24.2. The molecule has 0 aromatic carbocycles. The number of hydrogen-bond donors (Lipinski definition) is 1. The van der Waals surface area contributed by atoms with E-state index in [4.69, 9.17) is 0 Å². The highest BCUT2D eigenvalue weighted by Gasteiger charge is 2.32. The number of aliphatic carboxylic acids is 1. The van der Waals surface area contributed by atoms with Crippen molar-refractivity contribution in [3.8, 4) is 0 Å². The Labute approximate surface area is 115 Å². The van der Waals surface area contributed by atoms with E-state index in [1.807, 2.05) is 0 Å². The summed E-state index contributed by atoms with van der Waals surface area (Å²) in [5.41, 5.74) is 2.32. The summed E-state index contributed by atoms with van der Waals surface area (Å²) in [5, 5.41) is 9.19. The highest BCUT2D eigenvalue weighted by atomic mass is 79.9. The van der Waals surface area contributed by atoms with Crippen molar-refractivity contribution in [1.29, 1.82) is 0 Å². The molecule has 3 rings (SSSR count). The van der Waals surface area contributed by atoms with Gasteiger partial charge in [0.25, 0.3) is 0 Å². The zero-order valence-electron chi connectivity index (χ0n) is 10.2. The van der Waals surface area contributed by atoms with Crippen molar-refractivity contribution in [3.05, 3.63) is 16.1 Å². The smallest absolute Gasteiger partial charge is 0.306 e. The number of imidazole rings is 1. The summed E-state index contributed by atoms with van der Waals surface area (Å²) >= 11 is 3.51. The van der Waals surface area contributed by atoms with Gasteiger partial charge in [-0.25, -0.2) is 4.98 Å². The SMILES string of the molecule is O=C(O)C1CCn2c(Br)nc(C3CCCC3)c2C1. The second kappa shape index (κ2) is 4.68. The summed E-state index contributed by atoms with van der Waals surface area (Å²) < 4.78 is 3.04. The second-order valence-corrected chi connectivity index (χ2v) is 6.08. The van der Waals surface area contributed by atoms with Crippen LogP contribution in [0.1, 0.15) is 49.4 Å². The Balaban J connectivity index is 1.95. The molecular weight excluding hydrogens is 296 g/mol. The molecule has 1 N–H and O–H groups in total. The molecule has 1 fully saturated rings. The van der Waals surface area contributed by atoms with Gasteiger partial charge in [-0.3, -0.25) is 4.79 Å². The fraction of sp³-hybridized carbons (Fsp3) is 0.692. The molecule has 18 heavy (non-hydrogen) atoms. The number of fused-ring (bicyclic) bond motifs is 1. The molecule has 2 heterocycles. The van der Waals surface area contributed by atoms with E-state index in [2.05, 4.69) is 25.5 Å². The molecule has 1 aromatic heterocycles. The summed E-state index contributed by atoms with van der Waals surface area (Å²) in [4.78, 5) is 15.8. The van der Waals surface area contributed by atoms with Gasteiger partial charge in [0.1, 0.15) is 0 Å². The maximum absolute atomic E-state index is 11.2. The highest BCUT2D eigenvalue weighted by molar-refractivity contribution is 9.10. The lowest BCUT2D eigenvalue weighted by Gasteiger charge is -2.23. The highest BCUT2D eigenvalue weighted by Crippen LogP contribution is 2.38. The van der Waals surface area contributed by atoms with Crippen LogP contribution < -0.4 is 0 Å². The zero-order valence-corrected chi connectivity index (χ0v) is 11.8. The molecule has 0 bridgehead atoms. The number of nitrogens with zero attached hydrogens (tertiary/aromatic N) is 2. The summed E-state index contributed by atoms with van der Waals surface area (Å²) in [6, 6.07) is 0. The standard InChI is InChI=1S/C13H17BrN2O2/c14-13-15-11(8-3-1-2-4-8)10-7-9(12(17)18)5-6-16(10)13/h8-9H,1-7H2,(H,17,18). The molecule has 0 radical (unpaired) electrons. The first-order valence-corrected chi connectivity index (χ1v) is 7.43. The van der Waals surface area contributed by atoms with Crippen molar-refractivity contribution in [2.24, 2.45) is 5.92 Å². The van der Waals surface area contributed by atoms with E-state index in [0.29, 0.717) is 18.8 Å². The van der Waals surface area contributed by atoms with Gasteiger partial charge in [0.15, 0.2) is 4.73 Å². The molecule has 1 saturated carbocycles. The topological polar surface area (TPSA) is 55.1 Å². The van der Waals surface area contributed by atoms with Crippen LogP contribution in [0.3, 0.4) is 0 Å². The molecule has 1 aliphatic heterocycles. The third-order valence-corrected chi connectivity index (χ3v) is 4.89. The Hall–Kier alpha value is -0.840. The Morgan fingerprint density at radius 2 is 2.06 bits per heavy atom. The molecule has 0 spiro atoms. The minimum atomic E-state index is -0.670. The van der Waals surface area contributed by atoms with E-state index >= 15 is 0 Å². The van der Waals surface area contributed by atoms with Gasteiger partial charge in [-0.1, -0.05) is 12.8 Å². The lowest BCUT2D eigenvalue weighted by molar-refractivity contribution is -0.142. The number of halogens is 1. The molecule has 0 amide bonds. The van der Waals surface area contributed by atoms with E-state index < -0.39 is 5.97 Å². The average molecular weight is 313 g/mol. The van der Waals surface area contributed by atoms with Crippen molar-refractivity contribution in [3.63, 3.8) is 0 Å². The van der Waals surface area contributed by atoms with Gasteiger partial charge in [-0.15, -0.1) is 0 Å². The first kappa shape index (κ1) is 12.2. The van der Waals surface area contributed by atoms with Crippen LogP contribution in [0.25, 0.3) is 0 Å². The van der Waals surface area contributed by atoms with Crippen molar-refractivity contribution in [2.45, 2.75) is 51.0 Å². The Morgan fingerprint density at radius 1 is 1.33 bits per heavy atom. The van der Waals surface area contributed by atoms with E-state index in [0.717, 1.165) is 22.7 Å². The predicted octanol–water partition coefficient (Wildman–Crippen LogP) is 2.95. The molecule has 1 aliphatic carbocycles. The molecule has 98 valence electrons. The summed E-state index contributed by atoms with van der Waals surface area (Å²) in [6.07, 6.45) is 6.30. The van der Waals surface area contributed by atoms with Crippen LogP contribution in [0.15, 0.2) is 4.73 Å². The van der Waals surface area contributed by atoms with E-state index in [9.17, 15) is 9.90 Å². The quantitative estimate of drug-likeness (QED) is 0.913. The number of hydrogen-bond acceptors (Lipinski definition) is 2. The number of carbonyl (C=O) groups is 1. The molecule has 2 aliphatic rings. The van der Waals surface area contributed by atoms with Gasteiger partial charge < -0.3 is 9.67 Å². The fourth-order valence-corrected chi connectivity index (χ4v) is 3.86. The first-order chi connectivity index (χ1) is 8.66. The number of aromatic nitrogens is 2. The molecule has 0 saturated heterocycles. The van der Waals surface area contributed by atoms with Crippen LogP contribution in [0.2, 0.25) is 0 Å². The average Bonchev–Trinajstić information content (AvgIpc) is 2.97. The predicted molar refractivity (Wildman–Crippen MR) is 70.6 cm³/mol. The van der Waals surface area contributed by atoms with Crippen molar-refractivity contribution in [2.75, 3.05) is 0 Å². The summed E-state index contributed by atoms with van der Waals surface area (Å²) in [5.74, 6) is -0.359. The summed E-state index contributed by atoms with van der Waals surface area (Å²) in [6.45, 7) is 0.770. The van der Waals surface area contributed by atoms with E-state index in [1.165, 1.54) is 25.7 Å². The lowest BCUT2D eigenvalue weighted by Crippen LogP contribution is -2.26. The van der Waals surface area contributed by atoms with Crippen LogP contribution in [-0.2, 0) is 17.8 Å². The molecule has 1 aromatic rings. The monoisotopic (exact) mass is 312 g/mol. The van der Waals surface area contributed by atoms with Crippen LogP contribution in [0.5, 0.6) is 0 Å². The van der Waals surface area contributed by atoms with Crippen molar-refractivity contribution >= 4 is 21.9 Å². The summed E-state index contributed by atoms with van der Waals surface area (Å²) in [7, 11) is 0. The van der Waals surface area contributed by atoms with Crippen molar-refractivity contribution in [1.82, 2.24) is 9.55 Å². The third kappa shape index (κ3) is 1.98. The minimum Gasteiger partial charge on any atom is -0.481 e. The first-order valence-electron chi connectivity index (χ1n) is 6.64. The van der Waals surface area contributed by atoms with Crippen LogP contribution in [-0.4, -0.2) is 20.6 Å². The Bertz CT molecular complexity index is 478. The van der Waals surface area contributed by atoms with Gasteiger partial charge in [0, 0.05) is 24.6 Å². The Kier molecular flexibility index (Phi) is 3.18. The van der Waals surface area contributed by atoms with Gasteiger partial charge in [-0.2, -0.15) is 0 Å². The van der Waals surface area contributed by atoms with Gasteiger partial charge in [0.05, 0.1) is 11.6 Å². The molecule has 1 unspecified atom stereocenters. The Morgan fingerprint density at radius 3 is 2.72 bits per heavy atom. The largest absolute Gasteiger partial charge is 0.481 e. The van der Waals surface area contributed by atoms with Crippen LogP contribution in [0, 0.1) is 5.92 Å². The van der Waals surface area contributed by atoms with E-state index in [1.54, 1.807) is 0 Å². The minimum absolute atomic E-state index is 0.235. The van der Waals surface area contributed by atoms with Crippen LogP contribution >= 0.6 is 15.9 Å². The molecule has 4 nitrogen and oxygen atoms in total. The fourth-order valence-electron chi connectivity index (χ4n) is 3.27. The lowest BCUT2D eigenvalue weighted by atomic mass is 9.92. The third-order valence-electron chi connectivity index (χ3n) is 4.29. The van der Waals surface area contributed by atoms with Gasteiger partial charge >= 0.3 is 5.97 Å². The maximum atomic E-state index is 11.2. The number of carboxylic acids is 1. The van der Waals surface area contributed by atoms with Gasteiger partial charge in [0.2, 0.25) is 0 Å². The number of carboxylic acid groups (broad SMARTS) is 1. The van der Waals surface area contributed by atoms with Gasteiger partial charge in [-0.05, 0) is 35.2 Å². The van der Waals surface area contributed by atoms with Crippen LogP contribution in [0.4, 0.5) is 0 Å². The molecular formula is C13H17BrN2O2. The second-order valence-electron chi connectivity index (χ2n) is 5.37. The maximum Gasteiger partial charge on any atom is 0.306 e. The van der Waals surface area contributed by atoms with Crippen molar-refractivity contribution < 1.29 is 9.90 Å². The van der Waals surface area contributed by atoms with E-state index in [-0.39, 0.29) is 5.92 Å².